The van der Waals surface area contributed by atoms with Crippen molar-refractivity contribution in [3.05, 3.63) is 63.6 Å². The monoisotopic (exact) mass is 302 g/mol. The third-order valence-electron chi connectivity index (χ3n) is 3.39. The van der Waals surface area contributed by atoms with Crippen LogP contribution in [0.1, 0.15) is 23.1 Å². The van der Waals surface area contributed by atoms with Crippen molar-refractivity contribution < 1.29 is 4.74 Å². The van der Waals surface area contributed by atoms with Crippen molar-refractivity contribution >= 4 is 15.9 Å². The van der Waals surface area contributed by atoms with E-state index in [-0.39, 0.29) is 0 Å². The number of para-hydroxylation sites is 1. The van der Waals surface area contributed by atoms with Crippen LogP contribution in [-0.4, -0.2) is 0 Å². The molecular formula is C16H15BrO. The number of benzene rings is 2. The van der Waals surface area contributed by atoms with Crippen LogP contribution >= 0.6 is 15.9 Å². The molecule has 0 spiro atoms. The van der Waals surface area contributed by atoms with Gasteiger partial charge >= 0.3 is 0 Å². The van der Waals surface area contributed by atoms with E-state index in [2.05, 4.69) is 34.1 Å². The maximum atomic E-state index is 5.84. The Hall–Kier alpha value is -1.28. The summed E-state index contributed by atoms with van der Waals surface area (Å²) < 4.78 is 6.84. The number of hydrogen-bond acceptors (Lipinski definition) is 1. The Kier molecular flexibility index (Phi) is 3.37. The van der Waals surface area contributed by atoms with Gasteiger partial charge in [0.05, 0.1) is 4.47 Å². The molecule has 0 radical (unpaired) electrons. The largest absolute Gasteiger partial charge is 0.488 e. The number of aryl methyl sites for hydroxylation is 2. The molecule has 0 atom stereocenters. The van der Waals surface area contributed by atoms with Gasteiger partial charge in [-0.3, -0.25) is 0 Å². The Morgan fingerprint density at radius 2 is 1.83 bits per heavy atom. The zero-order chi connectivity index (χ0) is 12.4. The molecule has 0 aromatic heterocycles. The highest BCUT2D eigenvalue weighted by molar-refractivity contribution is 9.10. The lowest BCUT2D eigenvalue weighted by Gasteiger charge is -2.09. The van der Waals surface area contributed by atoms with Gasteiger partial charge in [-0.15, -0.1) is 0 Å². The summed E-state index contributed by atoms with van der Waals surface area (Å²) in [6, 6.07) is 14.7. The fraction of sp³-hybridized carbons (Fsp3) is 0.250. The predicted octanol–water partition coefficient (Wildman–Crippen LogP) is 4.52. The van der Waals surface area contributed by atoms with E-state index in [9.17, 15) is 0 Å². The fourth-order valence-electron chi connectivity index (χ4n) is 2.44. The summed E-state index contributed by atoms with van der Waals surface area (Å²) in [6.45, 7) is 0.635. The first kappa shape index (κ1) is 11.8. The second-order valence-electron chi connectivity index (χ2n) is 4.68. The van der Waals surface area contributed by atoms with E-state index in [0.717, 1.165) is 10.2 Å². The van der Waals surface area contributed by atoms with Crippen molar-refractivity contribution in [3.8, 4) is 5.75 Å². The van der Waals surface area contributed by atoms with Crippen molar-refractivity contribution in [1.82, 2.24) is 0 Å². The van der Waals surface area contributed by atoms with E-state index in [1.54, 1.807) is 0 Å². The molecule has 1 nitrogen and oxygen atoms in total. The van der Waals surface area contributed by atoms with Crippen LogP contribution in [0.5, 0.6) is 5.75 Å². The Labute approximate surface area is 116 Å². The zero-order valence-corrected chi connectivity index (χ0v) is 11.7. The lowest BCUT2D eigenvalue weighted by Crippen LogP contribution is -1.97. The third-order valence-corrected chi connectivity index (χ3v) is 4.05. The quantitative estimate of drug-likeness (QED) is 0.810. The number of rotatable bonds is 3. The summed E-state index contributed by atoms with van der Waals surface area (Å²) in [5.74, 6) is 0.901. The molecule has 0 saturated heterocycles. The van der Waals surface area contributed by atoms with Gasteiger partial charge in [0.2, 0.25) is 0 Å². The van der Waals surface area contributed by atoms with Gasteiger partial charge in [-0.05, 0) is 64.0 Å². The van der Waals surface area contributed by atoms with Crippen molar-refractivity contribution in [2.45, 2.75) is 25.9 Å². The Balaban J connectivity index is 1.72. The van der Waals surface area contributed by atoms with Crippen LogP contribution in [-0.2, 0) is 19.4 Å². The van der Waals surface area contributed by atoms with Gasteiger partial charge in [-0.25, -0.2) is 0 Å². The average Bonchev–Trinajstić information content (AvgIpc) is 2.85. The van der Waals surface area contributed by atoms with Gasteiger partial charge in [0, 0.05) is 0 Å². The maximum Gasteiger partial charge on any atom is 0.133 e. The molecule has 0 N–H and O–H groups in total. The average molecular weight is 303 g/mol. The molecule has 2 heteroatoms. The van der Waals surface area contributed by atoms with E-state index in [4.69, 9.17) is 4.74 Å². The second-order valence-corrected chi connectivity index (χ2v) is 5.53. The molecule has 0 bridgehead atoms. The molecule has 2 aromatic carbocycles. The van der Waals surface area contributed by atoms with Gasteiger partial charge in [0.15, 0.2) is 0 Å². The number of fused-ring (bicyclic) bond motifs is 1. The second kappa shape index (κ2) is 5.15. The van der Waals surface area contributed by atoms with Gasteiger partial charge in [-0.2, -0.15) is 0 Å². The first-order chi connectivity index (χ1) is 8.83. The number of ether oxygens (including phenoxy) is 1. The predicted molar refractivity (Wildman–Crippen MR) is 76.9 cm³/mol. The molecule has 0 saturated carbocycles. The van der Waals surface area contributed by atoms with E-state index in [0.29, 0.717) is 6.61 Å². The minimum absolute atomic E-state index is 0.635. The first-order valence-corrected chi connectivity index (χ1v) is 7.10. The van der Waals surface area contributed by atoms with Crippen molar-refractivity contribution in [2.24, 2.45) is 0 Å². The normalized spacial score (nSPS) is 13.4. The van der Waals surface area contributed by atoms with Crippen molar-refractivity contribution in [2.75, 3.05) is 0 Å². The first-order valence-electron chi connectivity index (χ1n) is 6.31. The van der Waals surface area contributed by atoms with E-state index >= 15 is 0 Å². The molecule has 0 fully saturated rings. The van der Waals surface area contributed by atoms with Gasteiger partial charge in [-0.1, -0.05) is 30.3 Å². The fourth-order valence-corrected chi connectivity index (χ4v) is 2.84. The van der Waals surface area contributed by atoms with Crippen LogP contribution in [0.4, 0.5) is 0 Å². The summed E-state index contributed by atoms with van der Waals surface area (Å²) in [6.07, 6.45) is 3.75. The topological polar surface area (TPSA) is 9.23 Å². The van der Waals surface area contributed by atoms with Crippen LogP contribution in [0, 0.1) is 0 Å². The lowest BCUT2D eigenvalue weighted by atomic mass is 10.1. The Bertz CT molecular complexity index is 563. The highest BCUT2D eigenvalue weighted by Gasteiger charge is 2.11. The zero-order valence-electron chi connectivity index (χ0n) is 10.2. The molecule has 3 rings (SSSR count). The van der Waals surface area contributed by atoms with Crippen LogP contribution in [0.3, 0.4) is 0 Å². The standard InChI is InChI=1S/C16H15BrO/c17-15-6-1-2-7-16(15)18-11-12-8-9-13-4-3-5-14(13)10-12/h1-2,6-10H,3-5,11H2. The van der Waals surface area contributed by atoms with Crippen LogP contribution in [0.15, 0.2) is 46.9 Å². The summed E-state index contributed by atoms with van der Waals surface area (Å²) in [7, 11) is 0. The molecule has 0 amide bonds. The van der Waals surface area contributed by atoms with Gasteiger partial charge < -0.3 is 4.74 Å². The summed E-state index contributed by atoms with van der Waals surface area (Å²) in [5.41, 5.74) is 4.27. The molecule has 2 aromatic rings. The molecule has 92 valence electrons. The Morgan fingerprint density at radius 3 is 2.72 bits per heavy atom. The summed E-state index contributed by atoms with van der Waals surface area (Å²) in [4.78, 5) is 0. The smallest absolute Gasteiger partial charge is 0.133 e. The Morgan fingerprint density at radius 1 is 1.00 bits per heavy atom. The molecule has 18 heavy (non-hydrogen) atoms. The number of halogens is 1. The number of hydrogen-bond donors (Lipinski definition) is 0. The van der Waals surface area contributed by atoms with Gasteiger partial charge in [0.25, 0.3) is 0 Å². The van der Waals surface area contributed by atoms with Crippen LogP contribution < -0.4 is 4.74 Å². The van der Waals surface area contributed by atoms with E-state index < -0.39 is 0 Å². The summed E-state index contributed by atoms with van der Waals surface area (Å²) in [5, 5.41) is 0. The molecular weight excluding hydrogens is 288 g/mol. The van der Waals surface area contributed by atoms with Crippen LogP contribution in [0.25, 0.3) is 0 Å². The van der Waals surface area contributed by atoms with Gasteiger partial charge in [0.1, 0.15) is 12.4 Å². The van der Waals surface area contributed by atoms with Crippen molar-refractivity contribution in [3.63, 3.8) is 0 Å². The molecule has 0 aliphatic heterocycles. The molecule has 0 unspecified atom stereocenters. The van der Waals surface area contributed by atoms with E-state index in [1.807, 2.05) is 24.3 Å². The third kappa shape index (κ3) is 2.44. The highest BCUT2D eigenvalue weighted by atomic mass is 79.9. The summed E-state index contributed by atoms with van der Waals surface area (Å²) >= 11 is 3.49. The van der Waals surface area contributed by atoms with Crippen molar-refractivity contribution in [1.29, 1.82) is 0 Å². The lowest BCUT2D eigenvalue weighted by molar-refractivity contribution is 0.304. The SMILES string of the molecule is Brc1ccccc1OCc1ccc2c(c1)CCC2. The maximum absolute atomic E-state index is 5.84. The molecule has 1 aliphatic carbocycles. The highest BCUT2D eigenvalue weighted by Crippen LogP contribution is 2.26. The molecule has 0 heterocycles. The van der Waals surface area contributed by atoms with E-state index in [1.165, 1.54) is 36.0 Å². The van der Waals surface area contributed by atoms with Crippen LogP contribution in [0.2, 0.25) is 0 Å². The minimum Gasteiger partial charge on any atom is -0.488 e. The minimum atomic E-state index is 0.635. The molecule has 1 aliphatic rings.